The van der Waals surface area contributed by atoms with Crippen LogP contribution in [0.2, 0.25) is 0 Å². The molecule has 0 aromatic rings. The van der Waals surface area contributed by atoms with Crippen molar-refractivity contribution >= 4 is 0 Å². The van der Waals surface area contributed by atoms with E-state index in [1.54, 1.807) is 0 Å². The molecule has 4 heteroatoms. The van der Waals surface area contributed by atoms with Gasteiger partial charge in [0.05, 0.1) is 12.9 Å². The largest absolute Gasteiger partial charge is 0.501 e. The average molecular weight is 253 g/mol. The molecule has 2 rings (SSSR count). The van der Waals surface area contributed by atoms with Gasteiger partial charge in [0.15, 0.2) is 0 Å². The Morgan fingerprint density at radius 1 is 1.33 bits per heavy atom. The van der Waals surface area contributed by atoms with Crippen molar-refractivity contribution in [1.82, 2.24) is 15.1 Å². The standard InChI is InChI=1S/C14H27N3O/c1-15-14(12-6-4-9-18-11-12)13-10-16(2)7-5-8-17(13)3/h11,13-15H,4-10H2,1-3H3. The van der Waals surface area contributed by atoms with Crippen molar-refractivity contribution in [1.29, 1.82) is 0 Å². The van der Waals surface area contributed by atoms with E-state index in [1.807, 2.05) is 6.26 Å². The van der Waals surface area contributed by atoms with Crippen molar-refractivity contribution in [3.63, 3.8) is 0 Å². The van der Waals surface area contributed by atoms with Crippen molar-refractivity contribution in [3.8, 4) is 0 Å². The maximum atomic E-state index is 5.51. The molecule has 1 N–H and O–H groups in total. The molecule has 0 spiro atoms. The zero-order valence-electron chi connectivity index (χ0n) is 12.0. The molecule has 104 valence electrons. The zero-order chi connectivity index (χ0) is 13.0. The third kappa shape index (κ3) is 3.25. The van der Waals surface area contributed by atoms with Gasteiger partial charge in [-0.25, -0.2) is 0 Å². The summed E-state index contributed by atoms with van der Waals surface area (Å²) in [6.07, 6.45) is 5.56. The summed E-state index contributed by atoms with van der Waals surface area (Å²) < 4.78 is 5.51. The first-order valence-corrected chi connectivity index (χ1v) is 7.09. The van der Waals surface area contributed by atoms with E-state index in [-0.39, 0.29) is 0 Å². The molecule has 0 aromatic heterocycles. The van der Waals surface area contributed by atoms with E-state index < -0.39 is 0 Å². The van der Waals surface area contributed by atoms with Gasteiger partial charge in [-0.3, -0.25) is 0 Å². The molecule has 0 bridgehead atoms. The van der Waals surface area contributed by atoms with Gasteiger partial charge in [0.25, 0.3) is 0 Å². The molecule has 0 aliphatic carbocycles. The fourth-order valence-corrected chi connectivity index (χ4v) is 3.10. The Hall–Kier alpha value is -0.580. The highest BCUT2D eigenvalue weighted by Gasteiger charge is 2.30. The lowest BCUT2D eigenvalue weighted by Gasteiger charge is -2.36. The number of ether oxygens (including phenoxy) is 1. The monoisotopic (exact) mass is 253 g/mol. The quantitative estimate of drug-likeness (QED) is 0.809. The van der Waals surface area contributed by atoms with Crippen LogP contribution in [0.4, 0.5) is 0 Å². The summed E-state index contributed by atoms with van der Waals surface area (Å²) in [5.41, 5.74) is 1.43. The third-order valence-corrected chi connectivity index (χ3v) is 4.17. The molecule has 0 amide bonds. The van der Waals surface area contributed by atoms with E-state index in [0.29, 0.717) is 12.1 Å². The highest BCUT2D eigenvalue weighted by atomic mass is 16.5. The molecule has 0 aromatic carbocycles. The molecule has 2 aliphatic rings. The molecule has 18 heavy (non-hydrogen) atoms. The Bertz CT molecular complexity index is 293. The van der Waals surface area contributed by atoms with Gasteiger partial charge in [0.1, 0.15) is 0 Å². The molecule has 2 heterocycles. The van der Waals surface area contributed by atoms with Crippen LogP contribution in [0.5, 0.6) is 0 Å². The lowest BCUT2D eigenvalue weighted by atomic mass is 9.94. The summed E-state index contributed by atoms with van der Waals surface area (Å²) in [4.78, 5) is 4.95. The van der Waals surface area contributed by atoms with Crippen molar-refractivity contribution in [2.45, 2.75) is 31.3 Å². The molecule has 2 unspecified atom stereocenters. The number of nitrogens with zero attached hydrogens (tertiary/aromatic N) is 2. The Kier molecular flexibility index (Phi) is 5.03. The van der Waals surface area contributed by atoms with Crippen LogP contribution < -0.4 is 5.32 Å². The predicted molar refractivity (Wildman–Crippen MR) is 74.6 cm³/mol. The normalized spacial score (nSPS) is 29.3. The van der Waals surface area contributed by atoms with Crippen molar-refractivity contribution in [3.05, 3.63) is 11.8 Å². The van der Waals surface area contributed by atoms with E-state index in [2.05, 4.69) is 36.3 Å². The number of likely N-dealkylation sites (N-methyl/N-ethyl adjacent to an activating group) is 3. The van der Waals surface area contributed by atoms with Crippen LogP contribution in [0.15, 0.2) is 11.8 Å². The molecule has 1 saturated heterocycles. The van der Waals surface area contributed by atoms with Gasteiger partial charge in [-0.15, -0.1) is 0 Å². The first kappa shape index (κ1) is 13.8. The van der Waals surface area contributed by atoms with Gasteiger partial charge in [0, 0.05) is 18.6 Å². The topological polar surface area (TPSA) is 27.7 Å². The minimum absolute atomic E-state index is 0.413. The van der Waals surface area contributed by atoms with Gasteiger partial charge in [-0.05, 0) is 59.1 Å². The minimum atomic E-state index is 0.413. The van der Waals surface area contributed by atoms with E-state index in [0.717, 1.165) is 19.6 Å². The number of rotatable bonds is 3. The summed E-state index contributed by atoms with van der Waals surface area (Å²) in [5.74, 6) is 0. The molecule has 1 fully saturated rings. The highest BCUT2D eigenvalue weighted by Crippen LogP contribution is 2.22. The van der Waals surface area contributed by atoms with Gasteiger partial charge >= 0.3 is 0 Å². The number of hydrogen-bond acceptors (Lipinski definition) is 4. The Morgan fingerprint density at radius 2 is 2.17 bits per heavy atom. The first-order valence-electron chi connectivity index (χ1n) is 7.09. The Labute approximate surface area is 111 Å². The van der Waals surface area contributed by atoms with Crippen molar-refractivity contribution in [2.24, 2.45) is 0 Å². The first-order chi connectivity index (χ1) is 8.72. The minimum Gasteiger partial charge on any atom is -0.501 e. The molecule has 2 atom stereocenters. The second kappa shape index (κ2) is 6.55. The maximum absolute atomic E-state index is 5.51. The number of hydrogen-bond donors (Lipinski definition) is 1. The van der Waals surface area contributed by atoms with Crippen LogP contribution in [0.1, 0.15) is 19.3 Å². The second-order valence-corrected chi connectivity index (χ2v) is 5.60. The molecule has 0 radical (unpaired) electrons. The van der Waals surface area contributed by atoms with E-state index in [1.165, 1.54) is 31.5 Å². The lowest BCUT2D eigenvalue weighted by molar-refractivity contribution is 0.176. The van der Waals surface area contributed by atoms with Gasteiger partial charge in [0.2, 0.25) is 0 Å². The summed E-state index contributed by atoms with van der Waals surface area (Å²) in [5, 5.41) is 3.50. The molecule has 4 nitrogen and oxygen atoms in total. The molecular weight excluding hydrogens is 226 g/mol. The molecule has 2 aliphatic heterocycles. The van der Waals surface area contributed by atoms with Crippen LogP contribution in [0.25, 0.3) is 0 Å². The summed E-state index contributed by atoms with van der Waals surface area (Å²) in [7, 11) is 6.54. The Morgan fingerprint density at radius 3 is 2.83 bits per heavy atom. The van der Waals surface area contributed by atoms with Crippen molar-refractivity contribution < 1.29 is 4.74 Å². The second-order valence-electron chi connectivity index (χ2n) is 5.60. The van der Waals surface area contributed by atoms with Gasteiger partial charge in [-0.1, -0.05) is 0 Å². The van der Waals surface area contributed by atoms with Crippen LogP contribution in [0.3, 0.4) is 0 Å². The zero-order valence-corrected chi connectivity index (χ0v) is 12.0. The van der Waals surface area contributed by atoms with Crippen LogP contribution in [0, 0.1) is 0 Å². The molecule has 0 saturated carbocycles. The fraction of sp³-hybridized carbons (Fsp3) is 0.857. The Balaban J connectivity index is 2.11. The third-order valence-electron chi connectivity index (χ3n) is 4.17. The van der Waals surface area contributed by atoms with Gasteiger partial charge < -0.3 is 19.9 Å². The van der Waals surface area contributed by atoms with Crippen LogP contribution in [-0.2, 0) is 4.74 Å². The highest BCUT2D eigenvalue weighted by molar-refractivity contribution is 5.14. The van der Waals surface area contributed by atoms with E-state index in [4.69, 9.17) is 4.74 Å². The summed E-state index contributed by atoms with van der Waals surface area (Å²) in [6.45, 7) is 4.38. The lowest BCUT2D eigenvalue weighted by Crippen LogP contribution is -2.52. The predicted octanol–water partition coefficient (Wildman–Crippen LogP) is 0.905. The molecular formula is C14H27N3O. The SMILES string of the molecule is CNC(C1=COCCC1)C1CN(C)CCCN1C. The van der Waals surface area contributed by atoms with Gasteiger partial charge in [-0.2, -0.15) is 0 Å². The fourth-order valence-electron chi connectivity index (χ4n) is 3.10. The number of nitrogens with one attached hydrogen (secondary N) is 1. The maximum Gasteiger partial charge on any atom is 0.0876 e. The van der Waals surface area contributed by atoms with Crippen LogP contribution in [-0.4, -0.2) is 69.3 Å². The smallest absolute Gasteiger partial charge is 0.0876 e. The van der Waals surface area contributed by atoms with Crippen molar-refractivity contribution in [2.75, 3.05) is 47.4 Å². The summed E-state index contributed by atoms with van der Waals surface area (Å²) >= 11 is 0. The van der Waals surface area contributed by atoms with E-state index >= 15 is 0 Å². The van der Waals surface area contributed by atoms with E-state index in [9.17, 15) is 0 Å². The summed E-state index contributed by atoms with van der Waals surface area (Å²) in [6, 6.07) is 0.950. The average Bonchev–Trinajstić information content (AvgIpc) is 2.54. The van der Waals surface area contributed by atoms with Crippen LogP contribution >= 0.6 is 0 Å².